The highest BCUT2D eigenvalue weighted by Gasteiger charge is 2.32. The number of anilines is 1. The van der Waals surface area contributed by atoms with E-state index in [0.717, 1.165) is 17.5 Å². The smallest absolute Gasteiger partial charge is 0.313 e. The molecule has 0 saturated carbocycles. The van der Waals surface area contributed by atoms with Gasteiger partial charge in [0.05, 0.1) is 6.10 Å². The van der Waals surface area contributed by atoms with Gasteiger partial charge in [-0.05, 0) is 38.8 Å². The highest BCUT2D eigenvalue weighted by molar-refractivity contribution is 6.39. The number of amides is 2. The van der Waals surface area contributed by atoms with Crippen LogP contribution in [0.25, 0.3) is 0 Å². The molecule has 0 bridgehead atoms. The fourth-order valence-electron chi connectivity index (χ4n) is 2.64. The molecule has 2 rings (SSSR count). The van der Waals surface area contributed by atoms with Crippen LogP contribution in [0, 0.1) is 19.8 Å². The van der Waals surface area contributed by atoms with Crippen molar-refractivity contribution in [2.24, 2.45) is 5.92 Å². The molecule has 2 N–H and O–H groups in total. The molecule has 0 aliphatic carbocycles. The van der Waals surface area contributed by atoms with Crippen molar-refractivity contribution < 1.29 is 14.7 Å². The van der Waals surface area contributed by atoms with Crippen LogP contribution >= 0.6 is 0 Å². The van der Waals surface area contributed by atoms with E-state index in [0.29, 0.717) is 18.8 Å². The van der Waals surface area contributed by atoms with Crippen molar-refractivity contribution in [1.82, 2.24) is 4.90 Å². The Morgan fingerprint density at radius 3 is 2.67 bits per heavy atom. The van der Waals surface area contributed by atoms with Gasteiger partial charge in [-0.25, -0.2) is 0 Å². The molecule has 5 heteroatoms. The minimum absolute atomic E-state index is 0.0582. The van der Waals surface area contributed by atoms with Crippen molar-refractivity contribution in [3.63, 3.8) is 0 Å². The van der Waals surface area contributed by atoms with Gasteiger partial charge >= 0.3 is 11.8 Å². The maximum atomic E-state index is 12.1. The van der Waals surface area contributed by atoms with E-state index in [1.807, 2.05) is 26.0 Å². The first-order valence-corrected chi connectivity index (χ1v) is 7.24. The van der Waals surface area contributed by atoms with E-state index in [2.05, 4.69) is 5.32 Å². The van der Waals surface area contributed by atoms with Crippen LogP contribution in [0.2, 0.25) is 0 Å². The summed E-state index contributed by atoms with van der Waals surface area (Å²) < 4.78 is 0. The average molecular weight is 290 g/mol. The number of rotatable bonds is 2. The molecule has 1 heterocycles. The SMILES string of the molecule is Cc1ccc(NC(=O)C(=O)N2CCC(C(C)O)C2)c(C)c1. The van der Waals surface area contributed by atoms with Crippen molar-refractivity contribution in [2.75, 3.05) is 18.4 Å². The van der Waals surface area contributed by atoms with Gasteiger partial charge in [0, 0.05) is 24.7 Å². The minimum Gasteiger partial charge on any atom is -0.393 e. The summed E-state index contributed by atoms with van der Waals surface area (Å²) >= 11 is 0. The van der Waals surface area contributed by atoms with E-state index in [4.69, 9.17) is 0 Å². The third kappa shape index (κ3) is 3.61. The highest BCUT2D eigenvalue weighted by atomic mass is 16.3. The van der Waals surface area contributed by atoms with Crippen molar-refractivity contribution >= 4 is 17.5 Å². The summed E-state index contributed by atoms with van der Waals surface area (Å²) in [6.45, 7) is 6.55. The molecular formula is C16H22N2O3. The van der Waals surface area contributed by atoms with Crippen molar-refractivity contribution in [3.8, 4) is 0 Å². The Labute approximate surface area is 125 Å². The molecule has 2 atom stereocenters. The van der Waals surface area contributed by atoms with Gasteiger partial charge in [-0.3, -0.25) is 9.59 Å². The van der Waals surface area contributed by atoms with Crippen LogP contribution < -0.4 is 5.32 Å². The maximum absolute atomic E-state index is 12.1. The molecule has 1 aromatic rings. The molecule has 1 saturated heterocycles. The van der Waals surface area contributed by atoms with E-state index >= 15 is 0 Å². The molecule has 1 aliphatic heterocycles. The number of nitrogens with one attached hydrogen (secondary N) is 1. The Bertz CT molecular complexity index is 554. The number of aliphatic hydroxyl groups excluding tert-OH is 1. The van der Waals surface area contributed by atoms with Gasteiger partial charge in [0.15, 0.2) is 0 Å². The van der Waals surface area contributed by atoms with Crippen LogP contribution in [0.15, 0.2) is 18.2 Å². The quantitative estimate of drug-likeness (QED) is 0.810. The van der Waals surface area contributed by atoms with Gasteiger partial charge in [-0.1, -0.05) is 17.7 Å². The predicted octanol–water partition coefficient (Wildman–Crippen LogP) is 1.47. The Hall–Kier alpha value is -1.88. The first-order valence-electron chi connectivity index (χ1n) is 7.24. The monoisotopic (exact) mass is 290 g/mol. The lowest BCUT2D eigenvalue weighted by Gasteiger charge is -2.17. The first kappa shape index (κ1) is 15.5. The molecule has 21 heavy (non-hydrogen) atoms. The van der Waals surface area contributed by atoms with Gasteiger partial charge in [-0.2, -0.15) is 0 Å². The molecule has 0 spiro atoms. The Kier molecular flexibility index (Phi) is 4.63. The second kappa shape index (κ2) is 6.26. The Morgan fingerprint density at radius 2 is 2.10 bits per heavy atom. The lowest BCUT2D eigenvalue weighted by Crippen LogP contribution is -2.39. The Morgan fingerprint density at radius 1 is 1.38 bits per heavy atom. The van der Waals surface area contributed by atoms with Crippen LogP contribution in [0.4, 0.5) is 5.69 Å². The molecular weight excluding hydrogens is 268 g/mol. The highest BCUT2D eigenvalue weighted by Crippen LogP contribution is 2.20. The van der Waals surface area contributed by atoms with Crippen molar-refractivity contribution in [1.29, 1.82) is 0 Å². The number of hydrogen-bond donors (Lipinski definition) is 2. The first-order chi connectivity index (χ1) is 9.88. The van der Waals surface area contributed by atoms with Crippen LogP contribution in [0.1, 0.15) is 24.5 Å². The van der Waals surface area contributed by atoms with Gasteiger partial charge in [0.25, 0.3) is 0 Å². The fourth-order valence-corrected chi connectivity index (χ4v) is 2.64. The average Bonchev–Trinajstić information content (AvgIpc) is 2.90. The third-order valence-electron chi connectivity index (χ3n) is 4.02. The number of nitrogens with zero attached hydrogens (tertiary/aromatic N) is 1. The van der Waals surface area contributed by atoms with E-state index in [-0.39, 0.29) is 5.92 Å². The lowest BCUT2D eigenvalue weighted by molar-refractivity contribution is -0.142. The van der Waals surface area contributed by atoms with E-state index in [1.165, 1.54) is 4.90 Å². The molecule has 0 radical (unpaired) electrons. The van der Waals surface area contributed by atoms with Crippen LogP contribution in [0.3, 0.4) is 0 Å². The molecule has 1 aromatic carbocycles. The molecule has 1 aliphatic rings. The number of hydrogen-bond acceptors (Lipinski definition) is 3. The topological polar surface area (TPSA) is 69.6 Å². The molecule has 1 fully saturated rings. The molecule has 0 aromatic heterocycles. The normalized spacial score (nSPS) is 19.4. The summed E-state index contributed by atoms with van der Waals surface area (Å²) in [5.74, 6) is -1.09. The minimum atomic E-state index is -0.617. The van der Waals surface area contributed by atoms with Gasteiger partial charge in [0.2, 0.25) is 0 Å². The summed E-state index contributed by atoms with van der Waals surface area (Å²) in [6.07, 6.45) is 0.283. The zero-order valence-corrected chi connectivity index (χ0v) is 12.7. The van der Waals surface area contributed by atoms with Crippen molar-refractivity contribution in [3.05, 3.63) is 29.3 Å². The van der Waals surface area contributed by atoms with E-state index < -0.39 is 17.9 Å². The fraction of sp³-hybridized carbons (Fsp3) is 0.500. The predicted molar refractivity (Wildman–Crippen MR) is 80.9 cm³/mol. The second-order valence-corrected chi connectivity index (χ2v) is 5.81. The summed E-state index contributed by atoms with van der Waals surface area (Å²) in [6, 6.07) is 5.66. The molecule has 5 nitrogen and oxygen atoms in total. The summed E-state index contributed by atoms with van der Waals surface area (Å²) in [7, 11) is 0. The van der Waals surface area contributed by atoms with Crippen LogP contribution in [-0.2, 0) is 9.59 Å². The van der Waals surface area contributed by atoms with E-state index in [1.54, 1.807) is 13.0 Å². The maximum Gasteiger partial charge on any atom is 0.313 e. The zero-order chi connectivity index (χ0) is 15.6. The van der Waals surface area contributed by atoms with E-state index in [9.17, 15) is 14.7 Å². The largest absolute Gasteiger partial charge is 0.393 e. The van der Waals surface area contributed by atoms with Gasteiger partial charge in [0.1, 0.15) is 0 Å². The molecule has 2 unspecified atom stereocenters. The standard InChI is InChI=1S/C16H22N2O3/c1-10-4-5-14(11(2)8-10)17-15(20)16(21)18-7-6-13(9-18)12(3)19/h4-5,8,12-13,19H,6-7,9H2,1-3H3,(H,17,20). The summed E-state index contributed by atoms with van der Waals surface area (Å²) in [4.78, 5) is 25.7. The number of carbonyl (C=O) groups excluding carboxylic acids is 2. The number of aliphatic hydroxyl groups is 1. The molecule has 114 valence electrons. The summed E-state index contributed by atoms with van der Waals surface area (Å²) in [5, 5.41) is 12.2. The number of benzene rings is 1. The van der Waals surface area contributed by atoms with Crippen LogP contribution in [-0.4, -0.2) is 41.0 Å². The molecule has 2 amide bonds. The van der Waals surface area contributed by atoms with Gasteiger partial charge in [-0.15, -0.1) is 0 Å². The Balaban J connectivity index is 1.99. The number of aryl methyl sites for hydroxylation is 2. The van der Waals surface area contributed by atoms with Crippen molar-refractivity contribution in [2.45, 2.75) is 33.3 Å². The number of likely N-dealkylation sites (tertiary alicyclic amines) is 1. The zero-order valence-electron chi connectivity index (χ0n) is 12.7. The summed E-state index contributed by atoms with van der Waals surface area (Å²) in [5.41, 5.74) is 2.70. The lowest BCUT2D eigenvalue weighted by atomic mass is 10.0. The van der Waals surface area contributed by atoms with Gasteiger partial charge < -0.3 is 15.3 Å². The van der Waals surface area contributed by atoms with Crippen LogP contribution in [0.5, 0.6) is 0 Å². The number of carbonyl (C=O) groups is 2. The second-order valence-electron chi connectivity index (χ2n) is 5.81. The third-order valence-corrected chi connectivity index (χ3v) is 4.02.